The highest BCUT2D eigenvalue weighted by molar-refractivity contribution is 5.18. The van der Waals surface area contributed by atoms with Crippen LogP contribution in [0.25, 0.3) is 0 Å². The van der Waals surface area contributed by atoms with Gasteiger partial charge in [-0.15, -0.1) is 0 Å². The van der Waals surface area contributed by atoms with Crippen molar-refractivity contribution >= 4 is 0 Å². The number of halogens is 51. The molecule has 0 heterocycles. The molecule has 572 valence electrons. The summed E-state index contributed by atoms with van der Waals surface area (Å²) in [7, 11) is 0. The van der Waals surface area contributed by atoms with Crippen LogP contribution in [0.15, 0.2) is 0 Å². The molecule has 53 heteroatoms. The Balaban J connectivity index is 7.91. The van der Waals surface area contributed by atoms with Crippen LogP contribution in [-0.2, 0) is 4.74 Å². The summed E-state index contributed by atoms with van der Waals surface area (Å²) in [6, 6.07) is 0. The number of alkyl halides is 51. The van der Waals surface area contributed by atoms with Crippen LogP contribution in [0.4, 0.5) is 224 Å². The van der Waals surface area contributed by atoms with Crippen molar-refractivity contribution in [1.29, 1.82) is 0 Å². The molecular weight excluding hydrogens is 1510 g/mol. The lowest BCUT2D eigenvalue weighted by Crippen LogP contribution is -2.74. The van der Waals surface area contributed by atoms with E-state index in [4.69, 9.17) is 9.84 Å². The lowest BCUT2D eigenvalue weighted by atomic mass is 9.73. The lowest BCUT2D eigenvalue weighted by molar-refractivity contribution is -0.462. The minimum Gasteiger partial charge on any atom is -0.396 e. The van der Waals surface area contributed by atoms with Gasteiger partial charge < -0.3 is 9.84 Å². The molecule has 0 bridgehead atoms. The Kier molecular flexibility index (Phi) is 25.7. The number of aliphatic hydroxyl groups excluding tert-OH is 1. The predicted molar refractivity (Wildman–Crippen MR) is 207 cm³/mol. The highest BCUT2D eigenvalue weighted by Gasteiger charge is 2.98. The first-order chi connectivity index (χ1) is 40.9. The molecule has 0 aromatic carbocycles. The topological polar surface area (TPSA) is 29.5 Å². The molecule has 1 N–H and O–H groups in total. The fourth-order valence-corrected chi connectivity index (χ4v) is 7.73. The number of hydrogen-bond donors (Lipinski definition) is 1. The van der Waals surface area contributed by atoms with Gasteiger partial charge in [0.05, 0.1) is 6.61 Å². The standard InChI is InChI=1S/C42H35F51O2/c43-19(44,22(49,50)25(55,56)28(61,62)31(67,68)34(73,74)37(79,80)40(85,86)87)11-5-1-3-9-18(17-95-16-8-7-15-94,13-14-21(47,48)24(53,54)27(59,60)30(65,66)33(71,72)36(77,78)39(83,84)42(91,92)93)10-4-2-6-12-20(45,46)23(51,52)26(57,58)29(63,64)32(69,70)35(75,76)38(81,82)41(88,89)90/h94H,1-17H2. The molecule has 0 unspecified atom stereocenters. The van der Waals surface area contributed by atoms with E-state index in [-0.39, 0.29) is 0 Å². The van der Waals surface area contributed by atoms with Crippen molar-refractivity contribution in [2.24, 2.45) is 5.41 Å². The van der Waals surface area contributed by atoms with Gasteiger partial charge in [0.15, 0.2) is 0 Å². The van der Waals surface area contributed by atoms with Gasteiger partial charge in [0.2, 0.25) is 0 Å². The van der Waals surface area contributed by atoms with Crippen LogP contribution in [0.3, 0.4) is 0 Å². The largest absolute Gasteiger partial charge is 0.460 e. The van der Waals surface area contributed by atoms with Crippen LogP contribution in [0.5, 0.6) is 0 Å². The maximum absolute atomic E-state index is 15.3. The Hall–Kier alpha value is -3.65. The van der Waals surface area contributed by atoms with Crippen molar-refractivity contribution < 1.29 is 234 Å². The van der Waals surface area contributed by atoms with E-state index in [9.17, 15) is 215 Å². The Morgan fingerprint density at radius 1 is 0.179 bits per heavy atom. The molecule has 0 spiro atoms. The van der Waals surface area contributed by atoms with Gasteiger partial charge in [0, 0.05) is 32.5 Å². The molecule has 0 amide bonds. The van der Waals surface area contributed by atoms with Gasteiger partial charge in [-0.25, -0.2) is 0 Å². The van der Waals surface area contributed by atoms with Gasteiger partial charge in [-0.3, -0.25) is 0 Å². The van der Waals surface area contributed by atoms with Crippen LogP contribution in [0.2, 0.25) is 0 Å². The molecule has 95 heavy (non-hydrogen) atoms. The molecule has 0 aliphatic rings. The average molecular weight is 1540 g/mol. The van der Waals surface area contributed by atoms with Gasteiger partial charge in [-0.05, 0) is 50.4 Å². The molecule has 0 aromatic heterocycles. The third-order valence-corrected chi connectivity index (χ3v) is 13.8. The molecule has 0 radical (unpaired) electrons. The van der Waals surface area contributed by atoms with Crippen LogP contribution in [-0.4, -0.2) is 168 Å². The molecule has 0 rings (SSSR count). The summed E-state index contributed by atoms with van der Waals surface area (Å²) >= 11 is 0. The Labute approximate surface area is 492 Å². The van der Waals surface area contributed by atoms with Crippen molar-refractivity contribution in [2.75, 3.05) is 19.8 Å². The zero-order valence-electron chi connectivity index (χ0n) is 44.7. The van der Waals surface area contributed by atoms with E-state index in [1.54, 1.807) is 0 Å². The molecule has 0 aromatic rings. The number of rotatable bonds is 39. The van der Waals surface area contributed by atoms with Crippen molar-refractivity contribution in [3.8, 4) is 0 Å². The average Bonchev–Trinajstić information content (AvgIpc) is 0.709. The third kappa shape index (κ3) is 14.5. The third-order valence-electron chi connectivity index (χ3n) is 13.8. The zero-order chi connectivity index (χ0) is 77.2. The fourth-order valence-electron chi connectivity index (χ4n) is 7.73. The second-order valence-electron chi connectivity index (χ2n) is 20.6. The van der Waals surface area contributed by atoms with Crippen molar-refractivity contribution in [1.82, 2.24) is 0 Å². The van der Waals surface area contributed by atoms with E-state index in [1.807, 2.05) is 0 Å². The molecule has 2 nitrogen and oxygen atoms in total. The molecule has 0 saturated carbocycles. The van der Waals surface area contributed by atoms with Crippen molar-refractivity contribution in [3.05, 3.63) is 0 Å². The molecule has 0 fully saturated rings. The summed E-state index contributed by atoms with van der Waals surface area (Å²) in [4.78, 5) is 0. The van der Waals surface area contributed by atoms with Crippen LogP contribution >= 0.6 is 0 Å². The van der Waals surface area contributed by atoms with Gasteiger partial charge in [0.25, 0.3) is 0 Å². The maximum Gasteiger partial charge on any atom is 0.460 e. The molecule has 0 atom stereocenters. The summed E-state index contributed by atoms with van der Waals surface area (Å²) < 4.78 is 711. The first-order valence-corrected chi connectivity index (χ1v) is 24.3. The molecular formula is C42H35F51O2. The number of aliphatic hydroxyl groups is 1. The summed E-state index contributed by atoms with van der Waals surface area (Å²) in [5.74, 6) is -183. The second-order valence-corrected chi connectivity index (χ2v) is 20.6. The smallest absolute Gasteiger partial charge is 0.396 e. The number of ether oxygens (including phenoxy) is 1. The number of unbranched alkanes of at least 4 members (excludes halogenated alkanes) is 5. The quantitative estimate of drug-likeness (QED) is 0.0491. The van der Waals surface area contributed by atoms with Crippen LogP contribution < -0.4 is 0 Å². The van der Waals surface area contributed by atoms with Crippen molar-refractivity contribution in [2.45, 2.75) is 233 Å². The Morgan fingerprint density at radius 3 is 0.579 bits per heavy atom. The summed E-state index contributed by atoms with van der Waals surface area (Å²) in [5.41, 5.74) is -3.38. The fraction of sp³-hybridized carbons (Fsp3) is 1.00. The van der Waals surface area contributed by atoms with E-state index >= 15 is 8.78 Å². The summed E-state index contributed by atoms with van der Waals surface area (Å²) in [6.45, 7) is -4.05. The van der Waals surface area contributed by atoms with Crippen LogP contribution in [0, 0.1) is 5.41 Å². The number of hydrogen-bond acceptors (Lipinski definition) is 2. The first-order valence-electron chi connectivity index (χ1n) is 24.3. The normalized spacial score (nSPS) is 16.5. The second kappa shape index (κ2) is 26.7. The highest BCUT2D eigenvalue weighted by atomic mass is 19.5. The Morgan fingerprint density at radius 2 is 0.368 bits per heavy atom. The van der Waals surface area contributed by atoms with Crippen molar-refractivity contribution in [3.63, 3.8) is 0 Å². The van der Waals surface area contributed by atoms with E-state index < -0.39 is 258 Å². The van der Waals surface area contributed by atoms with Gasteiger partial charge in [-0.2, -0.15) is 224 Å². The van der Waals surface area contributed by atoms with Gasteiger partial charge in [0.1, 0.15) is 0 Å². The minimum absolute atomic E-state index is 0.576. The lowest BCUT2D eigenvalue weighted by Gasteiger charge is -2.43. The van der Waals surface area contributed by atoms with Crippen LogP contribution in [0.1, 0.15) is 89.9 Å². The van der Waals surface area contributed by atoms with Gasteiger partial charge >= 0.3 is 143 Å². The molecule has 0 aliphatic carbocycles. The molecule has 0 saturated heterocycles. The predicted octanol–water partition coefficient (Wildman–Crippen LogP) is 21.5. The molecule has 0 aliphatic heterocycles. The minimum atomic E-state index is -9.34. The SMILES string of the molecule is OCCCCOCC(CCCCCC(F)(F)C(F)(F)C(F)(F)C(F)(F)C(F)(F)C(F)(F)C(F)(F)C(F)(F)F)(CCCCCC(F)(F)C(F)(F)C(F)(F)C(F)(F)C(F)(F)C(F)(F)C(F)(F)C(F)(F)F)CCC(F)(F)C(F)(F)C(F)(F)C(F)(F)C(F)(F)C(F)(F)C(F)(F)C(F)(F)F. The van der Waals surface area contributed by atoms with E-state index in [2.05, 4.69) is 0 Å². The highest BCUT2D eigenvalue weighted by Crippen LogP contribution is 2.69. The van der Waals surface area contributed by atoms with E-state index in [0.717, 1.165) is 0 Å². The zero-order valence-corrected chi connectivity index (χ0v) is 44.7. The van der Waals surface area contributed by atoms with E-state index in [1.165, 1.54) is 0 Å². The Bertz CT molecular complexity index is 2370. The summed E-state index contributed by atoms with van der Waals surface area (Å²) in [6.07, 6.45) is -54.7. The van der Waals surface area contributed by atoms with Gasteiger partial charge in [-0.1, -0.05) is 25.7 Å². The van der Waals surface area contributed by atoms with E-state index in [0.29, 0.717) is 0 Å². The maximum atomic E-state index is 15.3. The first kappa shape index (κ1) is 91.4. The summed E-state index contributed by atoms with van der Waals surface area (Å²) in [5, 5.41) is 8.92. The monoisotopic (exact) mass is 1540 g/mol.